The van der Waals surface area contributed by atoms with Gasteiger partial charge >= 0.3 is 0 Å². The maximum atomic E-state index is 12.2. The predicted octanol–water partition coefficient (Wildman–Crippen LogP) is 3.99. The summed E-state index contributed by atoms with van der Waals surface area (Å²) in [6, 6.07) is 9.25. The molecule has 1 aromatic carbocycles. The molecule has 1 aliphatic carbocycles. The molecule has 2 atom stereocenters. The average molecular weight is 331 g/mol. The van der Waals surface area contributed by atoms with Crippen molar-refractivity contribution in [2.45, 2.75) is 44.8 Å². The van der Waals surface area contributed by atoms with Gasteiger partial charge in [0.2, 0.25) is 0 Å². The van der Waals surface area contributed by atoms with Crippen LogP contribution in [-0.4, -0.2) is 23.2 Å². The molecule has 0 spiro atoms. The number of anilines is 1. The summed E-state index contributed by atoms with van der Waals surface area (Å²) in [5, 5.41) is 14.8. The second-order valence-corrected chi connectivity index (χ2v) is 6.84. The summed E-state index contributed by atoms with van der Waals surface area (Å²) in [5.74, 6) is 0.634. The van der Waals surface area contributed by atoms with E-state index >= 15 is 0 Å². The summed E-state index contributed by atoms with van der Waals surface area (Å²) < 4.78 is 5.86. The molecule has 3 rings (SSSR count). The number of rotatable bonds is 4. The lowest BCUT2D eigenvalue weighted by Gasteiger charge is -2.28. The number of thiophene rings is 1. The van der Waals surface area contributed by atoms with Gasteiger partial charge in [-0.1, -0.05) is 6.42 Å². The summed E-state index contributed by atoms with van der Waals surface area (Å²) in [6.45, 7) is 1.93. The quantitative estimate of drug-likeness (QED) is 0.890. The minimum atomic E-state index is -0.384. The standard InChI is InChI=1S/C18H21NO3S/c1-12-10-11-23-17(12)18(21)19-13-6-8-14(9-7-13)22-16-5-3-2-4-15(16)20/h6-11,15-16,20H,2-5H2,1H3,(H,19,21). The fourth-order valence-corrected chi connectivity index (χ4v) is 3.62. The fourth-order valence-electron chi connectivity index (χ4n) is 2.80. The molecule has 1 fully saturated rings. The van der Waals surface area contributed by atoms with Gasteiger partial charge in [-0.2, -0.15) is 0 Å². The first kappa shape index (κ1) is 16.0. The van der Waals surface area contributed by atoms with Crippen LogP contribution in [0.1, 0.15) is 40.9 Å². The number of nitrogens with one attached hydrogen (secondary N) is 1. The summed E-state index contributed by atoms with van der Waals surface area (Å²) >= 11 is 1.44. The molecule has 0 bridgehead atoms. The average Bonchev–Trinajstić information content (AvgIpc) is 2.98. The molecule has 0 saturated heterocycles. The van der Waals surface area contributed by atoms with Crippen LogP contribution >= 0.6 is 11.3 Å². The smallest absolute Gasteiger partial charge is 0.265 e. The van der Waals surface area contributed by atoms with Crippen LogP contribution in [0.4, 0.5) is 5.69 Å². The van der Waals surface area contributed by atoms with Crippen LogP contribution in [0.5, 0.6) is 5.75 Å². The Bertz CT molecular complexity index is 665. The van der Waals surface area contributed by atoms with Crippen molar-refractivity contribution in [3.63, 3.8) is 0 Å². The van der Waals surface area contributed by atoms with Gasteiger partial charge in [-0.3, -0.25) is 4.79 Å². The molecule has 1 amide bonds. The van der Waals surface area contributed by atoms with Crippen molar-refractivity contribution in [1.29, 1.82) is 0 Å². The van der Waals surface area contributed by atoms with E-state index in [1.54, 1.807) is 0 Å². The fraction of sp³-hybridized carbons (Fsp3) is 0.389. The molecule has 2 N–H and O–H groups in total. The van der Waals surface area contributed by atoms with Gasteiger partial charge in [-0.05, 0) is 67.5 Å². The Morgan fingerprint density at radius 2 is 1.96 bits per heavy atom. The van der Waals surface area contributed by atoms with Gasteiger partial charge in [-0.15, -0.1) is 11.3 Å². The van der Waals surface area contributed by atoms with E-state index in [0.29, 0.717) is 0 Å². The van der Waals surface area contributed by atoms with Crippen molar-refractivity contribution >= 4 is 22.9 Å². The number of aliphatic hydroxyl groups excluding tert-OH is 1. The van der Waals surface area contributed by atoms with E-state index in [1.165, 1.54) is 11.3 Å². The third-order valence-corrected chi connectivity index (χ3v) is 5.15. The van der Waals surface area contributed by atoms with Crippen LogP contribution < -0.4 is 10.1 Å². The molecule has 0 aliphatic heterocycles. The van der Waals surface area contributed by atoms with E-state index in [9.17, 15) is 9.90 Å². The highest BCUT2D eigenvalue weighted by atomic mass is 32.1. The summed E-state index contributed by atoms with van der Waals surface area (Å²) in [4.78, 5) is 12.9. The van der Waals surface area contributed by atoms with E-state index in [4.69, 9.17) is 4.74 Å². The number of benzene rings is 1. The van der Waals surface area contributed by atoms with Crippen molar-refractivity contribution in [3.8, 4) is 5.75 Å². The molecule has 4 nitrogen and oxygen atoms in total. The normalized spacial score (nSPS) is 21.0. The number of amides is 1. The Labute approximate surface area is 140 Å². The first-order valence-corrected chi connectivity index (χ1v) is 8.81. The third kappa shape index (κ3) is 3.92. The molecule has 1 heterocycles. The Morgan fingerprint density at radius 1 is 1.22 bits per heavy atom. The zero-order chi connectivity index (χ0) is 16.2. The number of carbonyl (C=O) groups is 1. The van der Waals surface area contributed by atoms with E-state index in [0.717, 1.165) is 47.6 Å². The largest absolute Gasteiger partial charge is 0.488 e. The molecular weight excluding hydrogens is 310 g/mol. The Balaban J connectivity index is 1.61. The molecule has 1 aromatic heterocycles. The molecular formula is C18H21NO3S. The number of aryl methyl sites for hydroxylation is 1. The third-order valence-electron chi connectivity index (χ3n) is 4.14. The van der Waals surface area contributed by atoms with Gasteiger partial charge in [0.15, 0.2) is 0 Å². The number of hydrogen-bond acceptors (Lipinski definition) is 4. The molecule has 5 heteroatoms. The maximum Gasteiger partial charge on any atom is 0.265 e. The molecule has 2 unspecified atom stereocenters. The van der Waals surface area contributed by atoms with Gasteiger partial charge < -0.3 is 15.2 Å². The van der Waals surface area contributed by atoms with Crippen molar-refractivity contribution in [1.82, 2.24) is 0 Å². The van der Waals surface area contributed by atoms with Crippen LogP contribution in [0.15, 0.2) is 35.7 Å². The van der Waals surface area contributed by atoms with E-state index < -0.39 is 0 Å². The van der Waals surface area contributed by atoms with Crippen LogP contribution in [0.25, 0.3) is 0 Å². The SMILES string of the molecule is Cc1ccsc1C(=O)Nc1ccc(OC2CCCCC2O)cc1. The van der Waals surface area contributed by atoms with Crippen LogP contribution in [0.2, 0.25) is 0 Å². The first-order chi connectivity index (χ1) is 11.1. The monoisotopic (exact) mass is 331 g/mol. The Kier molecular flexibility index (Phi) is 4.98. The minimum absolute atomic E-state index is 0.0890. The van der Waals surface area contributed by atoms with Crippen LogP contribution in [0.3, 0.4) is 0 Å². The molecule has 2 aromatic rings. The Morgan fingerprint density at radius 3 is 2.61 bits per heavy atom. The van der Waals surface area contributed by atoms with Crippen molar-refractivity contribution in [2.24, 2.45) is 0 Å². The highest BCUT2D eigenvalue weighted by Gasteiger charge is 2.24. The number of hydrogen-bond donors (Lipinski definition) is 2. The van der Waals surface area contributed by atoms with Gasteiger partial charge in [0.1, 0.15) is 11.9 Å². The topological polar surface area (TPSA) is 58.6 Å². The van der Waals surface area contributed by atoms with E-state index in [1.807, 2.05) is 42.6 Å². The number of carbonyl (C=O) groups excluding carboxylic acids is 1. The predicted molar refractivity (Wildman–Crippen MR) is 92.3 cm³/mol. The van der Waals surface area contributed by atoms with E-state index in [-0.39, 0.29) is 18.1 Å². The van der Waals surface area contributed by atoms with E-state index in [2.05, 4.69) is 5.32 Å². The molecule has 23 heavy (non-hydrogen) atoms. The highest BCUT2D eigenvalue weighted by molar-refractivity contribution is 7.12. The van der Waals surface area contributed by atoms with Gasteiger partial charge in [0.05, 0.1) is 11.0 Å². The first-order valence-electron chi connectivity index (χ1n) is 7.94. The second-order valence-electron chi connectivity index (χ2n) is 5.92. The van der Waals surface area contributed by atoms with Gasteiger partial charge in [-0.25, -0.2) is 0 Å². The zero-order valence-electron chi connectivity index (χ0n) is 13.1. The zero-order valence-corrected chi connectivity index (χ0v) is 13.9. The van der Waals surface area contributed by atoms with Gasteiger partial charge in [0, 0.05) is 5.69 Å². The van der Waals surface area contributed by atoms with Crippen LogP contribution in [0, 0.1) is 6.92 Å². The molecule has 1 saturated carbocycles. The summed E-state index contributed by atoms with van der Waals surface area (Å²) in [5.41, 5.74) is 1.72. The molecule has 122 valence electrons. The van der Waals surface area contributed by atoms with Crippen molar-refractivity contribution in [2.75, 3.05) is 5.32 Å². The number of aliphatic hydroxyl groups is 1. The highest BCUT2D eigenvalue weighted by Crippen LogP contribution is 2.25. The summed E-state index contributed by atoms with van der Waals surface area (Å²) in [7, 11) is 0. The molecule has 1 aliphatic rings. The summed E-state index contributed by atoms with van der Waals surface area (Å²) in [6.07, 6.45) is 3.34. The molecule has 0 radical (unpaired) electrons. The lowest BCUT2D eigenvalue weighted by molar-refractivity contribution is 0.00688. The van der Waals surface area contributed by atoms with Crippen molar-refractivity contribution < 1.29 is 14.6 Å². The minimum Gasteiger partial charge on any atom is -0.488 e. The number of ether oxygens (including phenoxy) is 1. The second kappa shape index (κ2) is 7.15. The van der Waals surface area contributed by atoms with Crippen LogP contribution in [-0.2, 0) is 0 Å². The maximum absolute atomic E-state index is 12.2. The van der Waals surface area contributed by atoms with Crippen molar-refractivity contribution in [3.05, 3.63) is 46.2 Å². The lowest BCUT2D eigenvalue weighted by Crippen LogP contribution is -2.34. The lowest BCUT2D eigenvalue weighted by atomic mass is 9.95. The Hall–Kier alpha value is -1.85. The van der Waals surface area contributed by atoms with Gasteiger partial charge in [0.25, 0.3) is 5.91 Å².